The van der Waals surface area contributed by atoms with Crippen molar-refractivity contribution in [2.45, 2.75) is 39.7 Å². The lowest BCUT2D eigenvalue weighted by molar-refractivity contribution is -0.132. The molecule has 7 nitrogen and oxygen atoms in total. The number of nitrogens with zero attached hydrogens (tertiary/aromatic N) is 1. The second-order valence-corrected chi connectivity index (χ2v) is 9.17. The minimum Gasteiger partial charge on any atom is -0.444 e. The van der Waals surface area contributed by atoms with E-state index in [4.69, 9.17) is 4.74 Å². The summed E-state index contributed by atoms with van der Waals surface area (Å²) in [5.74, 6) is -0.450. The van der Waals surface area contributed by atoms with E-state index in [1.54, 1.807) is 52.1 Å². The lowest BCUT2D eigenvalue weighted by atomic mass is 10.1. The molecular formula is C23H28BrN3O4. The number of carbonyl (C=O) groups is 3. The molecule has 2 rings (SSSR count). The summed E-state index contributed by atoms with van der Waals surface area (Å²) in [6, 6.07) is 12.5. The van der Waals surface area contributed by atoms with E-state index in [1.807, 2.05) is 25.1 Å². The number of aryl methyl sites for hydroxylation is 1. The molecule has 0 radical (unpaired) electrons. The van der Waals surface area contributed by atoms with Gasteiger partial charge in [-0.25, -0.2) is 4.79 Å². The number of amides is 3. The first-order valence-corrected chi connectivity index (χ1v) is 10.6. The van der Waals surface area contributed by atoms with E-state index < -0.39 is 11.7 Å². The van der Waals surface area contributed by atoms with Crippen LogP contribution in [0.2, 0.25) is 0 Å². The Morgan fingerprint density at radius 3 is 2.26 bits per heavy atom. The normalized spacial score (nSPS) is 10.9. The zero-order valence-corrected chi connectivity index (χ0v) is 20.0. The Labute approximate surface area is 191 Å². The van der Waals surface area contributed by atoms with E-state index in [0.29, 0.717) is 11.4 Å². The van der Waals surface area contributed by atoms with Gasteiger partial charge in [0, 0.05) is 22.9 Å². The predicted molar refractivity (Wildman–Crippen MR) is 125 cm³/mol. The van der Waals surface area contributed by atoms with E-state index in [0.717, 1.165) is 15.6 Å². The lowest BCUT2D eigenvalue weighted by Crippen LogP contribution is -2.35. The van der Waals surface area contributed by atoms with Gasteiger partial charge in [0.15, 0.2) is 0 Å². The topological polar surface area (TPSA) is 87.7 Å². The van der Waals surface area contributed by atoms with Crippen LogP contribution in [0.3, 0.4) is 0 Å². The van der Waals surface area contributed by atoms with Crippen molar-refractivity contribution in [1.82, 2.24) is 4.90 Å². The zero-order valence-electron chi connectivity index (χ0n) is 18.4. The van der Waals surface area contributed by atoms with E-state index >= 15 is 0 Å². The third kappa shape index (κ3) is 8.41. The Morgan fingerprint density at radius 1 is 1.03 bits per heavy atom. The summed E-state index contributed by atoms with van der Waals surface area (Å²) in [6.07, 6.45) is -0.392. The molecule has 0 spiro atoms. The van der Waals surface area contributed by atoms with Crippen LogP contribution >= 0.6 is 15.9 Å². The molecule has 0 atom stereocenters. The van der Waals surface area contributed by atoms with Crippen LogP contribution in [-0.4, -0.2) is 42.0 Å². The fraction of sp³-hybridized carbons (Fsp3) is 0.348. The number of ether oxygens (including phenoxy) is 1. The van der Waals surface area contributed by atoms with Gasteiger partial charge in [-0.3, -0.25) is 14.9 Å². The molecule has 8 heteroatoms. The molecule has 2 aromatic rings. The van der Waals surface area contributed by atoms with Crippen molar-refractivity contribution < 1.29 is 19.1 Å². The number of rotatable bonds is 6. The fourth-order valence-corrected chi connectivity index (χ4v) is 3.17. The second-order valence-electron chi connectivity index (χ2n) is 8.26. The monoisotopic (exact) mass is 489 g/mol. The van der Waals surface area contributed by atoms with Gasteiger partial charge in [0.1, 0.15) is 5.60 Å². The molecule has 2 N–H and O–H groups in total. The molecule has 0 saturated heterocycles. The number of hydrogen-bond donors (Lipinski definition) is 2. The van der Waals surface area contributed by atoms with Gasteiger partial charge in [-0.2, -0.15) is 0 Å². The smallest absolute Gasteiger partial charge is 0.412 e. The summed E-state index contributed by atoms with van der Waals surface area (Å²) in [6.45, 7) is 7.22. The van der Waals surface area contributed by atoms with E-state index in [1.165, 1.54) is 4.90 Å². The first-order chi connectivity index (χ1) is 14.4. The third-order valence-corrected chi connectivity index (χ3v) is 4.72. The average molecular weight is 490 g/mol. The molecule has 166 valence electrons. The largest absolute Gasteiger partial charge is 0.444 e. The predicted octanol–water partition coefficient (Wildman–Crippen LogP) is 4.74. The maximum atomic E-state index is 12.5. The number of carbonyl (C=O) groups excluding carboxylic acids is 3. The van der Waals surface area contributed by atoms with Crippen molar-refractivity contribution in [3.05, 3.63) is 58.1 Å². The van der Waals surface area contributed by atoms with Gasteiger partial charge >= 0.3 is 6.09 Å². The van der Waals surface area contributed by atoms with E-state index in [9.17, 15) is 14.4 Å². The number of nitrogens with one attached hydrogen (secondary N) is 2. The Balaban J connectivity index is 1.86. The highest BCUT2D eigenvalue weighted by Crippen LogP contribution is 2.20. The SMILES string of the molecule is Cc1cc(Br)ccc1NC(=O)CN(C)C(=O)Cc1ccc(NC(=O)OC(C)(C)C)cc1. The summed E-state index contributed by atoms with van der Waals surface area (Å²) in [4.78, 5) is 38.0. The zero-order chi connectivity index (χ0) is 23.2. The highest BCUT2D eigenvalue weighted by atomic mass is 79.9. The van der Waals surface area contributed by atoms with E-state index in [2.05, 4.69) is 26.6 Å². The van der Waals surface area contributed by atoms with Crippen molar-refractivity contribution in [2.24, 2.45) is 0 Å². The number of halogens is 1. The van der Waals surface area contributed by atoms with E-state index in [-0.39, 0.29) is 24.8 Å². The Kier molecular flexibility index (Phi) is 8.21. The van der Waals surface area contributed by atoms with Gasteiger partial charge in [-0.15, -0.1) is 0 Å². The van der Waals surface area contributed by atoms with Crippen LogP contribution in [-0.2, 0) is 20.7 Å². The average Bonchev–Trinajstić information content (AvgIpc) is 2.64. The van der Waals surface area contributed by atoms with Gasteiger partial charge in [0.05, 0.1) is 13.0 Å². The molecule has 0 fully saturated rings. The molecule has 0 aliphatic carbocycles. The van der Waals surface area contributed by atoms with Gasteiger partial charge in [0.2, 0.25) is 11.8 Å². The molecule has 0 aliphatic heterocycles. The van der Waals surface area contributed by atoms with Gasteiger partial charge in [0.25, 0.3) is 0 Å². The Bertz CT molecular complexity index is 952. The number of likely N-dealkylation sites (N-methyl/N-ethyl adjacent to an activating group) is 1. The molecule has 0 aromatic heterocycles. The molecule has 0 bridgehead atoms. The van der Waals surface area contributed by atoms with Crippen molar-refractivity contribution in [1.29, 1.82) is 0 Å². The summed E-state index contributed by atoms with van der Waals surface area (Å²) in [5.41, 5.74) is 2.40. The first-order valence-electron chi connectivity index (χ1n) is 9.82. The molecule has 2 aromatic carbocycles. The van der Waals surface area contributed by atoms with Crippen LogP contribution < -0.4 is 10.6 Å². The molecule has 3 amide bonds. The second kappa shape index (κ2) is 10.4. The molecule has 0 unspecified atom stereocenters. The highest BCUT2D eigenvalue weighted by Gasteiger charge is 2.17. The Hall–Kier alpha value is -2.87. The number of benzene rings is 2. The summed E-state index contributed by atoms with van der Waals surface area (Å²) in [7, 11) is 1.59. The Morgan fingerprint density at radius 2 is 1.68 bits per heavy atom. The van der Waals surface area contributed by atoms with Crippen LogP contribution in [0.1, 0.15) is 31.9 Å². The van der Waals surface area contributed by atoms with Crippen molar-refractivity contribution in [2.75, 3.05) is 24.2 Å². The molecular weight excluding hydrogens is 462 g/mol. The van der Waals surface area contributed by atoms with Gasteiger partial charge in [-0.1, -0.05) is 28.1 Å². The molecule has 0 heterocycles. The van der Waals surface area contributed by atoms with Crippen molar-refractivity contribution in [3.63, 3.8) is 0 Å². The third-order valence-electron chi connectivity index (χ3n) is 4.22. The fourth-order valence-electron chi connectivity index (χ4n) is 2.70. The summed E-state index contributed by atoms with van der Waals surface area (Å²) in [5, 5.41) is 5.47. The van der Waals surface area contributed by atoms with Gasteiger partial charge in [-0.05, 0) is 69.2 Å². The maximum Gasteiger partial charge on any atom is 0.412 e. The molecule has 31 heavy (non-hydrogen) atoms. The van der Waals surface area contributed by atoms with Crippen LogP contribution in [0.25, 0.3) is 0 Å². The minimum atomic E-state index is -0.580. The number of hydrogen-bond acceptors (Lipinski definition) is 4. The van der Waals surface area contributed by atoms with Crippen molar-refractivity contribution in [3.8, 4) is 0 Å². The van der Waals surface area contributed by atoms with Crippen LogP contribution in [0.5, 0.6) is 0 Å². The maximum absolute atomic E-state index is 12.5. The number of anilines is 2. The standard InChI is InChI=1S/C23H28BrN3O4/c1-15-12-17(24)8-11-19(15)26-20(28)14-27(5)21(29)13-16-6-9-18(10-7-16)25-22(30)31-23(2,3)4/h6-12H,13-14H2,1-5H3,(H,25,30)(H,26,28). The highest BCUT2D eigenvalue weighted by molar-refractivity contribution is 9.10. The lowest BCUT2D eigenvalue weighted by Gasteiger charge is -2.20. The summed E-state index contributed by atoms with van der Waals surface area (Å²) >= 11 is 3.39. The van der Waals surface area contributed by atoms with Crippen molar-refractivity contribution >= 4 is 45.2 Å². The molecule has 0 saturated carbocycles. The van der Waals surface area contributed by atoms with Gasteiger partial charge < -0.3 is 15.0 Å². The molecule has 0 aliphatic rings. The quantitative estimate of drug-likeness (QED) is 0.612. The van der Waals surface area contributed by atoms with Crippen LogP contribution in [0.15, 0.2) is 46.9 Å². The van der Waals surface area contributed by atoms with Crippen LogP contribution in [0.4, 0.5) is 16.2 Å². The summed E-state index contributed by atoms with van der Waals surface area (Å²) < 4.78 is 6.14. The minimum absolute atomic E-state index is 0.0490. The van der Waals surface area contributed by atoms with Crippen LogP contribution in [0, 0.1) is 6.92 Å². The first kappa shape index (κ1) is 24.4.